The van der Waals surface area contributed by atoms with Crippen molar-refractivity contribution in [1.82, 2.24) is 4.31 Å². The number of nitro groups is 1. The van der Waals surface area contributed by atoms with Crippen molar-refractivity contribution in [2.45, 2.75) is 31.2 Å². The van der Waals surface area contributed by atoms with Crippen LogP contribution in [0.25, 0.3) is 0 Å². The molecular weight excluding hydrogens is 348 g/mol. The average Bonchev–Trinajstić information content (AvgIpc) is 2.68. The Kier molecular flexibility index (Phi) is 4.17. The molecule has 0 radical (unpaired) electrons. The molecule has 2 unspecified atom stereocenters. The molecule has 2 rings (SSSR count). The number of sulfonamides is 1. The van der Waals surface area contributed by atoms with Crippen molar-refractivity contribution < 1.29 is 13.3 Å². The first kappa shape index (κ1) is 15.4. The molecule has 1 saturated heterocycles. The Balaban J connectivity index is 2.55. The van der Waals surface area contributed by atoms with Crippen molar-refractivity contribution in [3.63, 3.8) is 0 Å². The lowest BCUT2D eigenvalue weighted by molar-refractivity contribution is -0.387. The molecule has 2 atom stereocenters. The molecule has 1 heterocycles. The van der Waals surface area contributed by atoms with E-state index in [4.69, 9.17) is 0 Å². The largest absolute Gasteiger partial charge is 0.289 e. The summed E-state index contributed by atoms with van der Waals surface area (Å²) < 4.78 is 27.2. The Bertz CT molecular complexity index is 647. The third kappa shape index (κ3) is 2.72. The molecule has 0 saturated carbocycles. The average molecular weight is 363 g/mol. The van der Waals surface area contributed by atoms with Crippen molar-refractivity contribution >= 4 is 31.6 Å². The zero-order chi connectivity index (χ0) is 15.1. The van der Waals surface area contributed by atoms with Crippen LogP contribution in [-0.4, -0.2) is 30.2 Å². The van der Waals surface area contributed by atoms with Gasteiger partial charge in [0.1, 0.15) is 0 Å². The van der Waals surface area contributed by atoms with Gasteiger partial charge in [-0.1, -0.05) is 22.9 Å². The van der Waals surface area contributed by atoms with Crippen molar-refractivity contribution in [3.8, 4) is 0 Å². The molecule has 0 amide bonds. The molecule has 0 aliphatic carbocycles. The van der Waals surface area contributed by atoms with Gasteiger partial charge in [0.25, 0.3) is 5.69 Å². The highest BCUT2D eigenvalue weighted by atomic mass is 79.9. The van der Waals surface area contributed by atoms with Gasteiger partial charge in [0.05, 0.1) is 4.92 Å². The molecule has 0 aromatic heterocycles. The molecule has 6 nitrogen and oxygen atoms in total. The summed E-state index contributed by atoms with van der Waals surface area (Å²) in [7, 11) is -3.86. The predicted molar refractivity (Wildman–Crippen MR) is 77.9 cm³/mol. The van der Waals surface area contributed by atoms with Gasteiger partial charge in [-0.15, -0.1) is 0 Å². The summed E-state index contributed by atoms with van der Waals surface area (Å²) in [5.74, 6) is 0.256. The van der Waals surface area contributed by atoms with E-state index in [0.717, 1.165) is 6.42 Å². The van der Waals surface area contributed by atoms with Gasteiger partial charge in [0.2, 0.25) is 10.0 Å². The zero-order valence-electron chi connectivity index (χ0n) is 11.1. The summed E-state index contributed by atoms with van der Waals surface area (Å²) in [6, 6.07) is 3.82. The minimum absolute atomic E-state index is 0.145. The Labute approximate surface area is 126 Å². The van der Waals surface area contributed by atoms with Crippen LogP contribution >= 0.6 is 15.9 Å². The lowest BCUT2D eigenvalue weighted by Crippen LogP contribution is -2.34. The second-order valence-electron chi connectivity index (χ2n) is 5.13. The Hall–Kier alpha value is -0.990. The van der Waals surface area contributed by atoms with E-state index in [2.05, 4.69) is 15.9 Å². The van der Waals surface area contributed by atoms with Crippen LogP contribution in [0.1, 0.15) is 20.3 Å². The SMILES string of the molecule is CC1CC(C)N(S(=O)(=O)c2cc(Br)ccc2[N+](=O)[O-])C1. The lowest BCUT2D eigenvalue weighted by Gasteiger charge is -2.20. The van der Waals surface area contributed by atoms with Gasteiger partial charge < -0.3 is 0 Å². The molecule has 0 bridgehead atoms. The van der Waals surface area contributed by atoms with Crippen LogP contribution in [0.3, 0.4) is 0 Å². The van der Waals surface area contributed by atoms with Gasteiger partial charge >= 0.3 is 0 Å². The van der Waals surface area contributed by atoms with Crippen LogP contribution < -0.4 is 0 Å². The maximum absolute atomic E-state index is 12.7. The molecule has 110 valence electrons. The molecule has 1 aromatic rings. The normalized spacial score (nSPS) is 23.9. The minimum atomic E-state index is -3.86. The maximum atomic E-state index is 12.7. The monoisotopic (exact) mass is 362 g/mol. The number of hydrogen-bond donors (Lipinski definition) is 0. The van der Waals surface area contributed by atoms with Gasteiger partial charge in [-0.25, -0.2) is 8.42 Å². The van der Waals surface area contributed by atoms with Crippen molar-refractivity contribution in [2.24, 2.45) is 5.92 Å². The van der Waals surface area contributed by atoms with Gasteiger partial charge in [0, 0.05) is 23.1 Å². The minimum Gasteiger partial charge on any atom is -0.258 e. The summed E-state index contributed by atoms with van der Waals surface area (Å²) in [6.07, 6.45) is 0.765. The van der Waals surface area contributed by atoms with Crippen molar-refractivity contribution in [1.29, 1.82) is 0 Å². The number of nitro benzene ring substituents is 1. The van der Waals surface area contributed by atoms with Crippen LogP contribution in [0, 0.1) is 16.0 Å². The fraction of sp³-hybridized carbons (Fsp3) is 0.500. The van der Waals surface area contributed by atoms with E-state index in [1.54, 1.807) is 0 Å². The first-order valence-corrected chi connectivity index (χ1v) is 8.42. The molecule has 20 heavy (non-hydrogen) atoms. The molecule has 8 heteroatoms. The second-order valence-corrected chi connectivity index (χ2v) is 7.91. The molecule has 1 aliphatic heterocycles. The van der Waals surface area contributed by atoms with E-state index in [-0.39, 0.29) is 22.5 Å². The predicted octanol–water partition coefficient (Wildman–Crippen LogP) is 2.78. The molecule has 1 fully saturated rings. The third-order valence-corrected chi connectivity index (χ3v) is 5.93. The number of hydrogen-bond acceptors (Lipinski definition) is 4. The van der Waals surface area contributed by atoms with Crippen LogP contribution in [0.5, 0.6) is 0 Å². The third-order valence-electron chi connectivity index (χ3n) is 3.43. The van der Waals surface area contributed by atoms with Crippen LogP contribution in [0.2, 0.25) is 0 Å². The van der Waals surface area contributed by atoms with Crippen molar-refractivity contribution in [2.75, 3.05) is 6.54 Å². The Morgan fingerprint density at radius 1 is 1.40 bits per heavy atom. The standard InChI is InChI=1S/C12H15BrN2O4S/c1-8-5-9(2)14(7-8)20(18,19)12-6-10(13)3-4-11(12)15(16)17/h3-4,6,8-9H,5,7H2,1-2H3. The van der Waals surface area contributed by atoms with Crippen molar-refractivity contribution in [3.05, 3.63) is 32.8 Å². The molecule has 0 N–H and O–H groups in total. The first-order valence-electron chi connectivity index (χ1n) is 6.19. The zero-order valence-corrected chi connectivity index (χ0v) is 13.5. The maximum Gasteiger partial charge on any atom is 0.289 e. The fourth-order valence-electron chi connectivity index (χ4n) is 2.57. The Morgan fingerprint density at radius 2 is 2.05 bits per heavy atom. The number of halogens is 1. The number of nitrogens with zero attached hydrogens (tertiary/aromatic N) is 2. The van der Waals surface area contributed by atoms with E-state index >= 15 is 0 Å². The highest BCUT2D eigenvalue weighted by Crippen LogP contribution is 2.34. The molecular formula is C12H15BrN2O4S. The Morgan fingerprint density at radius 3 is 2.55 bits per heavy atom. The van der Waals surface area contributed by atoms with Crippen LogP contribution in [-0.2, 0) is 10.0 Å². The molecule has 0 spiro atoms. The second kappa shape index (κ2) is 5.42. The summed E-state index contributed by atoms with van der Waals surface area (Å²) >= 11 is 3.17. The first-order chi connectivity index (χ1) is 9.23. The van der Waals surface area contributed by atoms with Gasteiger partial charge in [-0.2, -0.15) is 4.31 Å². The quantitative estimate of drug-likeness (QED) is 0.611. The number of rotatable bonds is 3. The van der Waals surface area contributed by atoms with E-state index in [1.807, 2.05) is 13.8 Å². The van der Waals surface area contributed by atoms with E-state index in [1.165, 1.54) is 22.5 Å². The van der Waals surface area contributed by atoms with E-state index in [0.29, 0.717) is 11.0 Å². The lowest BCUT2D eigenvalue weighted by atomic mass is 10.1. The van der Waals surface area contributed by atoms with Crippen LogP contribution in [0.4, 0.5) is 5.69 Å². The number of benzene rings is 1. The summed E-state index contributed by atoms with van der Waals surface area (Å²) in [6.45, 7) is 4.19. The molecule has 1 aliphatic rings. The topological polar surface area (TPSA) is 80.5 Å². The van der Waals surface area contributed by atoms with Gasteiger partial charge in [-0.3, -0.25) is 10.1 Å². The smallest absolute Gasteiger partial charge is 0.258 e. The molecule has 1 aromatic carbocycles. The van der Waals surface area contributed by atoms with Gasteiger partial charge in [0.15, 0.2) is 4.90 Å². The fourth-order valence-corrected chi connectivity index (χ4v) is 5.03. The highest BCUT2D eigenvalue weighted by Gasteiger charge is 2.39. The van der Waals surface area contributed by atoms with Crippen LogP contribution in [0.15, 0.2) is 27.6 Å². The summed E-state index contributed by atoms with van der Waals surface area (Å²) in [4.78, 5) is 10.1. The van der Waals surface area contributed by atoms with Gasteiger partial charge in [-0.05, 0) is 31.4 Å². The highest BCUT2D eigenvalue weighted by molar-refractivity contribution is 9.10. The van der Waals surface area contributed by atoms with E-state index in [9.17, 15) is 18.5 Å². The summed E-state index contributed by atoms with van der Waals surface area (Å²) in [5, 5.41) is 11.0. The summed E-state index contributed by atoms with van der Waals surface area (Å²) in [5.41, 5.74) is -0.389. The van der Waals surface area contributed by atoms with E-state index < -0.39 is 14.9 Å².